The largest absolute Gasteiger partial charge is 0.339 e. The van der Waals surface area contributed by atoms with Gasteiger partial charge in [0.2, 0.25) is 5.91 Å². The van der Waals surface area contributed by atoms with Crippen molar-refractivity contribution in [2.45, 2.75) is 39.5 Å². The molecule has 0 radical (unpaired) electrons. The molecule has 2 aromatic carbocycles. The first-order valence-corrected chi connectivity index (χ1v) is 9.90. The zero-order valence-electron chi connectivity index (χ0n) is 16.2. The zero-order valence-corrected chi connectivity index (χ0v) is 16.2. The van der Waals surface area contributed by atoms with E-state index in [9.17, 15) is 9.59 Å². The Morgan fingerprint density at radius 1 is 0.926 bits per heavy atom. The smallest absolute Gasteiger partial charge is 0.253 e. The van der Waals surface area contributed by atoms with E-state index in [0.29, 0.717) is 31.5 Å². The molecule has 1 fully saturated rings. The summed E-state index contributed by atoms with van der Waals surface area (Å²) in [4.78, 5) is 27.3. The highest BCUT2D eigenvalue weighted by Crippen LogP contribution is 2.26. The first-order chi connectivity index (χ1) is 13.1. The molecule has 3 rings (SSSR count). The van der Waals surface area contributed by atoms with Crippen LogP contribution in [0.25, 0.3) is 0 Å². The lowest BCUT2D eigenvalue weighted by Gasteiger charge is -2.31. The molecule has 0 bridgehead atoms. The molecule has 0 spiro atoms. The zero-order chi connectivity index (χ0) is 19.2. The molecule has 2 amide bonds. The second-order valence-electron chi connectivity index (χ2n) is 7.08. The van der Waals surface area contributed by atoms with Gasteiger partial charge in [-0.3, -0.25) is 9.59 Å². The molecule has 1 aliphatic heterocycles. The van der Waals surface area contributed by atoms with Gasteiger partial charge in [-0.25, -0.2) is 0 Å². The molecule has 27 heavy (non-hydrogen) atoms. The summed E-state index contributed by atoms with van der Waals surface area (Å²) in [7, 11) is 0. The number of nitrogens with one attached hydrogen (secondary N) is 1. The van der Waals surface area contributed by atoms with E-state index in [1.807, 2.05) is 35.2 Å². The average molecular weight is 364 g/mol. The topological polar surface area (TPSA) is 49.4 Å². The van der Waals surface area contributed by atoms with E-state index >= 15 is 0 Å². The average Bonchev–Trinajstić information content (AvgIpc) is 2.74. The summed E-state index contributed by atoms with van der Waals surface area (Å²) in [6, 6.07) is 15.6. The van der Waals surface area contributed by atoms with Crippen molar-refractivity contribution in [3.05, 3.63) is 65.2 Å². The lowest BCUT2D eigenvalue weighted by molar-refractivity contribution is -0.121. The minimum atomic E-state index is -0.0422. The number of hydrogen-bond donors (Lipinski definition) is 1. The maximum Gasteiger partial charge on any atom is 0.253 e. The van der Waals surface area contributed by atoms with Crippen molar-refractivity contribution in [1.82, 2.24) is 4.90 Å². The molecule has 1 heterocycles. The Balaban J connectivity index is 1.62. The number of carbonyl (C=O) groups excluding carboxylic acids is 2. The summed E-state index contributed by atoms with van der Waals surface area (Å²) in [6.45, 7) is 5.47. The third-order valence-electron chi connectivity index (χ3n) is 5.42. The SMILES string of the molecule is CCc1cccc(CC)c1NC(=O)C1CCN(C(=O)c2ccccc2)CC1. The third-order valence-corrected chi connectivity index (χ3v) is 5.42. The van der Waals surface area contributed by atoms with Gasteiger partial charge in [-0.1, -0.05) is 50.2 Å². The Kier molecular flexibility index (Phi) is 6.28. The van der Waals surface area contributed by atoms with Crippen molar-refractivity contribution < 1.29 is 9.59 Å². The van der Waals surface area contributed by atoms with Crippen LogP contribution in [-0.4, -0.2) is 29.8 Å². The van der Waals surface area contributed by atoms with Gasteiger partial charge in [-0.05, 0) is 48.9 Å². The van der Waals surface area contributed by atoms with Gasteiger partial charge in [0.05, 0.1) is 0 Å². The fourth-order valence-electron chi connectivity index (χ4n) is 3.74. The van der Waals surface area contributed by atoms with E-state index in [0.717, 1.165) is 18.5 Å². The minimum Gasteiger partial charge on any atom is -0.339 e. The number of benzene rings is 2. The van der Waals surface area contributed by atoms with Gasteiger partial charge in [0.25, 0.3) is 5.91 Å². The number of hydrogen-bond acceptors (Lipinski definition) is 2. The first kappa shape index (κ1) is 19.2. The van der Waals surface area contributed by atoms with E-state index in [4.69, 9.17) is 0 Å². The van der Waals surface area contributed by atoms with Gasteiger partial charge in [-0.2, -0.15) is 0 Å². The van der Waals surface area contributed by atoms with Gasteiger partial charge >= 0.3 is 0 Å². The predicted molar refractivity (Wildman–Crippen MR) is 109 cm³/mol. The third kappa shape index (κ3) is 4.38. The molecule has 1 N–H and O–H groups in total. The quantitative estimate of drug-likeness (QED) is 0.860. The fourth-order valence-corrected chi connectivity index (χ4v) is 3.74. The molecule has 0 saturated carbocycles. The molecule has 0 aromatic heterocycles. The first-order valence-electron chi connectivity index (χ1n) is 9.90. The van der Waals surface area contributed by atoms with E-state index in [2.05, 4.69) is 37.4 Å². The fraction of sp³-hybridized carbons (Fsp3) is 0.391. The van der Waals surface area contributed by atoms with Crippen LogP contribution in [-0.2, 0) is 17.6 Å². The second-order valence-corrected chi connectivity index (χ2v) is 7.08. The number of anilines is 1. The summed E-state index contributed by atoms with van der Waals surface area (Å²) in [5.74, 6) is 0.0934. The van der Waals surface area contributed by atoms with Crippen molar-refractivity contribution >= 4 is 17.5 Å². The molecule has 0 atom stereocenters. The summed E-state index contributed by atoms with van der Waals surface area (Å²) in [6.07, 6.45) is 3.21. The highest BCUT2D eigenvalue weighted by molar-refractivity contribution is 5.96. The van der Waals surface area contributed by atoms with Crippen LogP contribution in [0.2, 0.25) is 0 Å². The predicted octanol–water partition coefficient (Wildman–Crippen LogP) is 4.30. The van der Waals surface area contributed by atoms with Gasteiger partial charge in [-0.15, -0.1) is 0 Å². The molecule has 1 aliphatic rings. The number of nitrogens with zero attached hydrogens (tertiary/aromatic N) is 1. The summed E-state index contributed by atoms with van der Waals surface area (Å²) < 4.78 is 0. The Morgan fingerprint density at radius 2 is 1.52 bits per heavy atom. The molecule has 4 heteroatoms. The van der Waals surface area contributed by atoms with Gasteiger partial charge in [0, 0.05) is 30.3 Å². The van der Waals surface area contributed by atoms with Crippen LogP contribution in [0, 0.1) is 5.92 Å². The van der Waals surface area contributed by atoms with Crippen molar-refractivity contribution in [2.75, 3.05) is 18.4 Å². The van der Waals surface area contributed by atoms with E-state index in [-0.39, 0.29) is 17.7 Å². The van der Waals surface area contributed by atoms with Crippen LogP contribution in [0.5, 0.6) is 0 Å². The monoisotopic (exact) mass is 364 g/mol. The maximum absolute atomic E-state index is 12.8. The number of carbonyl (C=O) groups is 2. The Morgan fingerprint density at radius 3 is 2.07 bits per heavy atom. The van der Waals surface area contributed by atoms with Crippen LogP contribution in [0.3, 0.4) is 0 Å². The molecule has 0 aliphatic carbocycles. The lowest BCUT2D eigenvalue weighted by Crippen LogP contribution is -2.41. The normalized spacial score (nSPS) is 14.8. The highest BCUT2D eigenvalue weighted by atomic mass is 16.2. The molecule has 0 unspecified atom stereocenters. The second kappa shape index (κ2) is 8.85. The molecule has 142 valence electrons. The number of piperidine rings is 1. The number of para-hydroxylation sites is 1. The van der Waals surface area contributed by atoms with E-state index in [1.54, 1.807) is 0 Å². The number of aryl methyl sites for hydroxylation is 2. The minimum absolute atomic E-state index is 0.0422. The Bertz CT molecular complexity index is 771. The summed E-state index contributed by atoms with van der Waals surface area (Å²) in [5.41, 5.74) is 4.05. The Labute approximate surface area is 161 Å². The van der Waals surface area contributed by atoms with E-state index < -0.39 is 0 Å². The lowest BCUT2D eigenvalue weighted by atomic mass is 9.94. The van der Waals surface area contributed by atoms with Gasteiger partial charge < -0.3 is 10.2 Å². The molecular formula is C23H28N2O2. The van der Waals surface area contributed by atoms with Crippen molar-refractivity contribution in [2.24, 2.45) is 5.92 Å². The molecule has 4 nitrogen and oxygen atoms in total. The van der Waals surface area contributed by atoms with Crippen molar-refractivity contribution in [1.29, 1.82) is 0 Å². The van der Waals surface area contributed by atoms with Gasteiger partial charge in [0.15, 0.2) is 0 Å². The number of amides is 2. The Hall–Kier alpha value is -2.62. The van der Waals surface area contributed by atoms with Gasteiger partial charge in [0.1, 0.15) is 0 Å². The standard InChI is InChI=1S/C23H28N2O2/c1-3-17-11-8-12-18(4-2)21(17)24-22(26)19-13-15-25(16-14-19)23(27)20-9-6-5-7-10-20/h5-12,19H,3-4,13-16H2,1-2H3,(H,24,26). The highest BCUT2D eigenvalue weighted by Gasteiger charge is 2.28. The molecule has 1 saturated heterocycles. The summed E-state index contributed by atoms with van der Waals surface area (Å²) >= 11 is 0. The van der Waals surface area contributed by atoms with Crippen LogP contribution in [0.4, 0.5) is 5.69 Å². The van der Waals surface area contributed by atoms with Crippen LogP contribution in [0.15, 0.2) is 48.5 Å². The number of likely N-dealkylation sites (tertiary alicyclic amines) is 1. The maximum atomic E-state index is 12.8. The summed E-state index contributed by atoms with van der Waals surface area (Å²) in [5, 5.41) is 3.18. The van der Waals surface area contributed by atoms with Crippen LogP contribution in [0.1, 0.15) is 48.2 Å². The molecule has 2 aromatic rings. The van der Waals surface area contributed by atoms with Crippen molar-refractivity contribution in [3.63, 3.8) is 0 Å². The molecular weight excluding hydrogens is 336 g/mol. The number of rotatable bonds is 5. The van der Waals surface area contributed by atoms with Crippen LogP contribution >= 0.6 is 0 Å². The van der Waals surface area contributed by atoms with Crippen LogP contribution < -0.4 is 5.32 Å². The van der Waals surface area contributed by atoms with Crippen molar-refractivity contribution in [3.8, 4) is 0 Å². The van der Waals surface area contributed by atoms with E-state index in [1.165, 1.54) is 11.1 Å².